The smallest absolute Gasteiger partial charge is 0.0104 e. The Morgan fingerprint density at radius 1 is 1.38 bits per heavy atom. The Morgan fingerprint density at radius 3 is 2.75 bits per heavy atom. The lowest BCUT2D eigenvalue weighted by Crippen LogP contribution is -2.40. The third kappa shape index (κ3) is 4.72. The Morgan fingerprint density at radius 2 is 2.12 bits per heavy atom. The molecule has 0 saturated carbocycles. The van der Waals surface area contributed by atoms with Crippen LogP contribution in [-0.4, -0.2) is 42.5 Å². The van der Waals surface area contributed by atoms with Crippen LogP contribution in [-0.2, 0) is 0 Å². The molecule has 3 unspecified atom stereocenters. The van der Waals surface area contributed by atoms with E-state index < -0.39 is 0 Å². The van der Waals surface area contributed by atoms with Crippen LogP contribution in [0.5, 0.6) is 0 Å². The number of piperidine rings is 1. The summed E-state index contributed by atoms with van der Waals surface area (Å²) in [5, 5.41) is 4.73. The maximum Gasteiger partial charge on any atom is 0.0104 e. The molecule has 0 bridgehead atoms. The molecule has 1 N–H and O–H groups in total. The molecule has 1 aliphatic heterocycles. The molecule has 96 valence electrons. The molecule has 1 fully saturated rings. The first-order valence-corrected chi connectivity index (χ1v) is 7.77. The Labute approximate surface area is 109 Å². The molecular formula is C13H27BrN2. The predicted molar refractivity (Wildman–Crippen MR) is 75.3 cm³/mol. The van der Waals surface area contributed by atoms with Gasteiger partial charge in [0.2, 0.25) is 0 Å². The van der Waals surface area contributed by atoms with Crippen LogP contribution in [0.15, 0.2) is 0 Å². The highest BCUT2D eigenvalue weighted by atomic mass is 79.9. The van der Waals surface area contributed by atoms with E-state index in [1.165, 1.54) is 32.2 Å². The molecule has 0 aromatic heterocycles. The quantitative estimate of drug-likeness (QED) is 0.757. The average Bonchev–Trinajstić information content (AvgIpc) is 2.30. The van der Waals surface area contributed by atoms with Gasteiger partial charge in [0.25, 0.3) is 0 Å². The molecule has 1 heterocycles. The highest BCUT2D eigenvalue weighted by molar-refractivity contribution is 9.09. The number of hydrogen-bond donors (Lipinski definition) is 1. The summed E-state index contributed by atoms with van der Waals surface area (Å²) >= 11 is 3.55. The standard InChI is InChI=1S/C13H27BrN2/c1-11(10-14)12(2)15-8-7-13-6-4-5-9-16(13)3/h11-13,15H,4-10H2,1-3H3. The molecule has 0 spiro atoms. The first kappa shape index (κ1) is 14.5. The summed E-state index contributed by atoms with van der Waals surface area (Å²) in [6.45, 7) is 7.03. The van der Waals surface area contributed by atoms with Crippen molar-refractivity contribution in [2.45, 2.75) is 51.6 Å². The molecular weight excluding hydrogens is 264 g/mol. The number of alkyl halides is 1. The molecule has 0 radical (unpaired) electrons. The van der Waals surface area contributed by atoms with Crippen molar-refractivity contribution in [1.29, 1.82) is 0 Å². The topological polar surface area (TPSA) is 15.3 Å². The number of nitrogens with one attached hydrogen (secondary N) is 1. The predicted octanol–water partition coefficient (Wildman–Crippen LogP) is 2.87. The van der Waals surface area contributed by atoms with Crippen LogP contribution in [0.2, 0.25) is 0 Å². The van der Waals surface area contributed by atoms with Crippen LogP contribution in [0.4, 0.5) is 0 Å². The average molecular weight is 291 g/mol. The second kappa shape index (κ2) is 7.67. The lowest BCUT2D eigenvalue weighted by atomic mass is 9.99. The maximum atomic E-state index is 3.64. The minimum atomic E-state index is 0.619. The van der Waals surface area contributed by atoms with E-state index in [2.05, 4.69) is 47.0 Å². The van der Waals surface area contributed by atoms with Crippen molar-refractivity contribution in [3.8, 4) is 0 Å². The lowest BCUT2D eigenvalue weighted by molar-refractivity contribution is 0.174. The summed E-state index contributed by atoms with van der Waals surface area (Å²) in [5.41, 5.74) is 0. The molecule has 1 rings (SSSR count). The van der Waals surface area contributed by atoms with Crippen LogP contribution in [0.1, 0.15) is 39.5 Å². The minimum Gasteiger partial charge on any atom is -0.314 e. The third-order valence-corrected chi connectivity index (χ3v) is 4.98. The molecule has 3 atom stereocenters. The van der Waals surface area contributed by atoms with Crippen LogP contribution in [0.3, 0.4) is 0 Å². The van der Waals surface area contributed by atoms with E-state index in [9.17, 15) is 0 Å². The molecule has 16 heavy (non-hydrogen) atoms. The molecule has 0 aliphatic carbocycles. The number of hydrogen-bond acceptors (Lipinski definition) is 2. The summed E-state index contributed by atoms with van der Waals surface area (Å²) in [7, 11) is 2.27. The fraction of sp³-hybridized carbons (Fsp3) is 1.00. The fourth-order valence-electron chi connectivity index (χ4n) is 2.32. The van der Waals surface area contributed by atoms with Gasteiger partial charge in [0.15, 0.2) is 0 Å². The highest BCUT2D eigenvalue weighted by Gasteiger charge is 2.18. The van der Waals surface area contributed by atoms with Crippen molar-refractivity contribution in [3.63, 3.8) is 0 Å². The van der Waals surface area contributed by atoms with Gasteiger partial charge >= 0.3 is 0 Å². The first-order chi connectivity index (χ1) is 7.65. The molecule has 1 aliphatic rings. The van der Waals surface area contributed by atoms with Gasteiger partial charge in [-0.15, -0.1) is 0 Å². The largest absolute Gasteiger partial charge is 0.314 e. The van der Waals surface area contributed by atoms with Crippen LogP contribution in [0.25, 0.3) is 0 Å². The van der Waals surface area contributed by atoms with E-state index in [0.717, 1.165) is 17.9 Å². The zero-order valence-corrected chi connectivity index (χ0v) is 12.6. The second-order valence-electron chi connectivity index (χ2n) is 5.29. The third-order valence-electron chi connectivity index (χ3n) is 3.96. The van der Waals surface area contributed by atoms with Gasteiger partial charge in [0.05, 0.1) is 0 Å². The molecule has 0 aromatic carbocycles. The van der Waals surface area contributed by atoms with E-state index in [0.29, 0.717) is 12.0 Å². The molecule has 2 nitrogen and oxygen atoms in total. The van der Waals surface area contributed by atoms with Gasteiger partial charge in [-0.1, -0.05) is 29.3 Å². The molecule has 3 heteroatoms. The summed E-state index contributed by atoms with van der Waals surface area (Å²) in [5.74, 6) is 0.712. The Balaban J connectivity index is 2.14. The SMILES string of the molecule is CC(CBr)C(C)NCCC1CCCCN1C. The van der Waals surface area contributed by atoms with Gasteiger partial charge in [-0.25, -0.2) is 0 Å². The molecule has 1 saturated heterocycles. The monoisotopic (exact) mass is 290 g/mol. The van der Waals surface area contributed by atoms with Gasteiger partial charge in [-0.2, -0.15) is 0 Å². The fourth-order valence-corrected chi connectivity index (χ4v) is 2.88. The van der Waals surface area contributed by atoms with E-state index in [1.54, 1.807) is 0 Å². The summed E-state index contributed by atoms with van der Waals surface area (Å²) in [6, 6.07) is 1.43. The number of halogens is 1. The number of likely N-dealkylation sites (tertiary alicyclic amines) is 1. The Kier molecular flexibility index (Phi) is 6.94. The summed E-state index contributed by atoms with van der Waals surface area (Å²) in [6.07, 6.45) is 5.50. The van der Waals surface area contributed by atoms with Crippen molar-refractivity contribution in [2.24, 2.45) is 5.92 Å². The highest BCUT2D eigenvalue weighted by Crippen LogP contribution is 2.17. The summed E-state index contributed by atoms with van der Waals surface area (Å²) in [4.78, 5) is 2.53. The maximum absolute atomic E-state index is 3.64. The second-order valence-corrected chi connectivity index (χ2v) is 5.94. The van der Waals surface area contributed by atoms with Crippen molar-refractivity contribution in [1.82, 2.24) is 10.2 Å². The normalized spacial score (nSPS) is 26.6. The van der Waals surface area contributed by atoms with E-state index in [1.807, 2.05) is 0 Å². The van der Waals surface area contributed by atoms with Crippen LogP contribution < -0.4 is 5.32 Å². The van der Waals surface area contributed by atoms with Crippen molar-refractivity contribution >= 4 is 15.9 Å². The van der Waals surface area contributed by atoms with Crippen LogP contribution >= 0.6 is 15.9 Å². The molecule has 0 aromatic rings. The number of rotatable bonds is 6. The van der Waals surface area contributed by atoms with Crippen molar-refractivity contribution in [3.05, 3.63) is 0 Å². The lowest BCUT2D eigenvalue weighted by Gasteiger charge is -2.33. The van der Waals surface area contributed by atoms with Crippen LogP contribution in [0, 0.1) is 5.92 Å². The van der Waals surface area contributed by atoms with Gasteiger partial charge in [0.1, 0.15) is 0 Å². The Hall–Kier alpha value is 0.400. The summed E-state index contributed by atoms with van der Waals surface area (Å²) < 4.78 is 0. The van der Waals surface area contributed by atoms with Crippen molar-refractivity contribution in [2.75, 3.05) is 25.5 Å². The van der Waals surface area contributed by atoms with E-state index in [4.69, 9.17) is 0 Å². The van der Waals surface area contributed by atoms with E-state index >= 15 is 0 Å². The Bertz CT molecular complexity index is 187. The first-order valence-electron chi connectivity index (χ1n) is 6.64. The van der Waals surface area contributed by atoms with Gasteiger partial charge in [-0.3, -0.25) is 0 Å². The zero-order valence-electron chi connectivity index (χ0n) is 11.0. The van der Waals surface area contributed by atoms with Gasteiger partial charge < -0.3 is 10.2 Å². The zero-order chi connectivity index (χ0) is 12.0. The minimum absolute atomic E-state index is 0.619. The van der Waals surface area contributed by atoms with Gasteiger partial charge in [-0.05, 0) is 52.2 Å². The van der Waals surface area contributed by atoms with Gasteiger partial charge in [0, 0.05) is 17.4 Å². The van der Waals surface area contributed by atoms with Crippen molar-refractivity contribution < 1.29 is 0 Å². The number of nitrogens with zero attached hydrogens (tertiary/aromatic N) is 1. The van der Waals surface area contributed by atoms with E-state index in [-0.39, 0.29) is 0 Å². The molecule has 0 amide bonds.